The molecule has 0 spiro atoms. The van der Waals surface area contributed by atoms with Crippen LogP contribution < -0.4 is 4.74 Å². The van der Waals surface area contributed by atoms with E-state index >= 15 is 0 Å². The van der Waals surface area contributed by atoms with Gasteiger partial charge in [0.25, 0.3) is 0 Å². The number of carboxylic acid groups (broad SMARTS) is 1. The standard InChI is InChI=1S/C16H16O4/c17-10-12-4-3-7-15(8-12)20-11-14-6-2-1-5-13(14)9-16(18)19/h1-8,17H,9-11H2,(H,18,19). The van der Waals surface area contributed by atoms with Crippen molar-refractivity contribution in [2.75, 3.05) is 0 Å². The van der Waals surface area contributed by atoms with E-state index in [0.29, 0.717) is 12.4 Å². The van der Waals surface area contributed by atoms with Crippen LogP contribution in [-0.4, -0.2) is 16.2 Å². The van der Waals surface area contributed by atoms with Crippen molar-refractivity contribution in [3.05, 3.63) is 65.2 Å². The Labute approximate surface area is 117 Å². The zero-order valence-corrected chi connectivity index (χ0v) is 11.0. The summed E-state index contributed by atoms with van der Waals surface area (Å²) < 4.78 is 5.65. The molecule has 0 amide bonds. The number of hydrogen-bond donors (Lipinski definition) is 2. The molecule has 2 aromatic rings. The summed E-state index contributed by atoms with van der Waals surface area (Å²) in [4.78, 5) is 10.8. The highest BCUT2D eigenvalue weighted by Gasteiger charge is 2.07. The minimum Gasteiger partial charge on any atom is -0.489 e. The van der Waals surface area contributed by atoms with Crippen molar-refractivity contribution < 1.29 is 19.7 Å². The fraction of sp³-hybridized carbons (Fsp3) is 0.188. The van der Waals surface area contributed by atoms with Crippen molar-refractivity contribution in [1.82, 2.24) is 0 Å². The van der Waals surface area contributed by atoms with E-state index in [1.54, 1.807) is 18.2 Å². The summed E-state index contributed by atoms with van der Waals surface area (Å²) in [7, 11) is 0. The van der Waals surface area contributed by atoms with Crippen molar-refractivity contribution in [2.45, 2.75) is 19.6 Å². The Hall–Kier alpha value is -2.33. The molecule has 0 aliphatic rings. The SMILES string of the molecule is O=C(O)Cc1ccccc1COc1cccc(CO)c1. The summed E-state index contributed by atoms with van der Waals surface area (Å²) in [6.07, 6.45) is -0.0176. The van der Waals surface area contributed by atoms with Crippen molar-refractivity contribution in [3.8, 4) is 5.75 Å². The van der Waals surface area contributed by atoms with Crippen LogP contribution in [0, 0.1) is 0 Å². The minimum absolute atomic E-state index is 0.0176. The van der Waals surface area contributed by atoms with E-state index in [-0.39, 0.29) is 13.0 Å². The number of carbonyl (C=O) groups is 1. The zero-order chi connectivity index (χ0) is 14.4. The van der Waals surface area contributed by atoms with Gasteiger partial charge in [-0.2, -0.15) is 0 Å². The predicted molar refractivity (Wildman–Crippen MR) is 74.5 cm³/mol. The van der Waals surface area contributed by atoms with Crippen LogP contribution in [-0.2, 0) is 24.4 Å². The molecule has 20 heavy (non-hydrogen) atoms. The maximum Gasteiger partial charge on any atom is 0.307 e. The molecule has 0 heterocycles. The van der Waals surface area contributed by atoms with Gasteiger partial charge in [0.05, 0.1) is 13.0 Å². The maximum absolute atomic E-state index is 10.8. The third kappa shape index (κ3) is 3.83. The maximum atomic E-state index is 10.8. The van der Waals surface area contributed by atoms with Crippen LogP contribution in [0.1, 0.15) is 16.7 Å². The highest BCUT2D eigenvalue weighted by Crippen LogP contribution is 2.17. The van der Waals surface area contributed by atoms with Gasteiger partial charge >= 0.3 is 5.97 Å². The largest absolute Gasteiger partial charge is 0.489 e. The summed E-state index contributed by atoms with van der Waals surface area (Å²) in [5.74, 6) is -0.207. The molecular formula is C16H16O4. The lowest BCUT2D eigenvalue weighted by Gasteiger charge is -2.10. The molecule has 0 unspecified atom stereocenters. The Kier molecular flexibility index (Phi) is 4.74. The molecule has 104 valence electrons. The first-order chi connectivity index (χ1) is 9.69. The van der Waals surface area contributed by atoms with Gasteiger partial charge in [-0.25, -0.2) is 0 Å². The Morgan fingerprint density at radius 1 is 1.05 bits per heavy atom. The van der Waals surface area contributed by atoms with E-state index < -0.39 is 5.97 Å². The van der Waals surface area contributed by atoms with E-state index in [0.717, 1.165) is 16.7 Å². The lowest BCUT2D eigenvalue weighted by atomic mass is 10.1. The molecule has 0 bridgehead atoms. The first-order valence-corrected chi connectivity index (χ1v) is 6.30. The zero-order valence-electron chi connectivity index (χ0n) is 11.0. The molecule has 0 saturated carbocycles. The average molecular weight is 272 g/mol. The van der Waals surface area contributed by atoms with E-state index in [2.05, 4.69) is 0 Å². The lowest BCUT2D eigenvalue weighted by Crippen LogP contribution is -2.06. The topological polar surface area (TPSA) is 66.8 Å². The summed E-state index contributed by atoms with van der Waals surface area (Å²) in [5.41, 5.74) is 2.38. The van der Waals surface area contributed by atoms with Crippen LogP contribution in [0.2, 0.25) is 0 Å². The van der Waals surface area contributed by atoms with Crippen LogP contribution in [0.25, 0.3) is 0 Å². The van der Waals surface area contributed by atoms with E-state index in [9.17, 15) is 4.79 Å². The van der Waals surface area contributed by atoms with Crippen molar-refractivity contribution >= 4 is 5.97 Å². The molecule has 2 rings (SSSR count). The molecule has 2 aromatic carbocycles. The third-order valence-corrected chi connectivity index (χ3v) is 2.94. The minimum atomic E-state index is -0.861. The monoisotopic (exact) mass is 272 g/mol. The van der Waals surface area contributed by atoms with E-state index in [1.165, 1.54) is 0 Å². The molecule has 0 fully saturated rings. The summed E-state index contributed by atoms with van der Waals surface area (Å²) in [6.45, 7) is 0.269. The number of carboxylic acids is 1. The van der Waals surface area contributed by atoms with Gasteiger partial charge in [-0.05, 0) is 28.8 Å². The molecule has 0 aromatic heterocycles. The van der Waals surface area contributed by atoms with Gasteiger partial charge in [-0.15, -0.1) is 0 Å². The lowest BCUT2D eigenvalue weighted by molar-refractivity contribution is -0.136. The highest BCUT2D eigenvalue weighted by atomic mass is 16.5. The van der Waals surface area contributed by atoms with Crippen LogP contribution in [0.3, 0.4) is 0 Å². The quantitative estimate of drug-likeness (QED) is 0.847. The molecule has 4 heteroatoms. The van der Waals surface area contributed by atoms with Gasteiger partial charge in [-0.3, -0.25) is 4.79 Å². The number of aliphatic carboxylic acids is 1. The Morgan fingerprint density at radius 3 is 2.50 bits per heavy atom. The summed E-state index contributed by atoms with van der Waals surface area (Å²) in [6, 6.07) is 14.5. The second kappa shape index (κ2) is 6.73. The van der Waals surface area contributed by atoms with Gasteiger partial charge in [0.1, 0.15) is 12.4 Å². The molecule has 2 N–H and O–H groups in total. The van der Waals surface area contributed by atoms with E-state index in [1.807, 2.05) is 30.3 Å². The average Bonchev–Trinajstić information content (AvgIpc) is 2.46. The number of aliphatic hydroxyl groups is 1. The third-order valence-electron chi connectivity index (χ3n) is 2.94. The van der Waals surface area contributed by atoms with Crippen molar-refractivity contribution in [3.63, 3.8) is 0 Å². The predicted octanol–water partition coefficient (Wildman–Crippen LogP) is 2.39. The van der Waals surface area contributed by atoms with Crippen molar-refractivity contribution in [2.24, 2.45) is 0 Å². The highest BCUT2D eigenvalue weighted by molar-refractivity contribution is 5.70. The Balaban J connectivity index is 2.08. The number of ether oxygens (including phenoxy) is 1. The first kappa shape index (κ1) is 14.1. The first-order valence-electron chi connectivity index (χ1n) is 6.30. The molecule has 0 saturated heterocycles. The summed E-state index contributed by atoms with van der Waals surface area (Å²) in [5, 5.41) is 17.9. The van der Waals surface area contributed by atoms with Gasteiger partial charge in [0.2, 0.25) is 0 Å². The molecule has 0 atom stereocenters. The second-order valence-electron chi connectivity index (χ2n) is 4.43. The molecular weight excluding hydrogens is 256 g/mol. The normalized spacial score (nSPS) is 10.2. The van der Waals surface area contributed by atoms with Crippen LogP contribution in [0.15, 0.2) is 48.5 Å². The van der Waals surface area contributed by atoms with Crippen molar-refractivity contribution in [1.29, 1.82) is 0 Å². The molecule has 4 nitrogen and oxygen atoms in total. The number of benzene rings is 2. The fourth-order valence-corrected chi connectivity index (χ4v) is 1.93. The number of rotatable bonds is 6. The van der Waals surface area contributed by atoms with Gasteiger partial charge in [0.15, 0.2) is 0 Å². The van der Waals surface area contributed by atoms with Gasteiger partial charge in [0, 0.05) is 0 Å². The summed E-state index contributed by atoms with van der Waals surface area (Å²) >= 11 is 0. The fourth-order valence-electron chi connectivity index (χ4n) is 1.93. The molecule has 0 radical (unpaired) electrons. The Morgan fingerprint density at radius 2 is 1.80 bits per heavy atom. The van der Waals surface area contributed by atoms with Crippen LogP contribution in [0.5, 0.6) is 5.75 Å². The van der Waals surface area contributed by atoms with Crippen LogP contribution >= 0.6 is 0 Å². The van der Waals surface area contributed by atoms with Crippen LogP contribution in [0.4, 0.5) is 0 Å². The molecule has 0 aliphatic heterocycles. The Bertz CT molecular complexity index is 593. The van der Waals surface area contributed by atoms with E-state index in [4.69, 9.17) is 14.9 Å². The van der Waals surface area contributed by atoms with Gasteiger partial charge in [-0.1, -0.05) is 36.4 Å². The number of hydrogen-bond acceptors (Lipinski definition) is 3. The number of aliphatic hydroxyl groups excluding tert-OH is 1. The smallest absolute Gasteiger partial charge is 0.307 e. The second-order valence-corrected chi connectivity index (χ2v) is 4.43. The molecule has 0 aliphatic carbocycles. The van der Waals surface area contributed by atoms with Gasteiger partial charge < -0.3 is 14.9 Å².